The molecule has 0 saturated carbocycles. The summed E-state index contributed by atoms with van der Waals surface area (Å²) in [5, 5.41) is 4.71. The average molecular weight is 281 g/mol. The van der Waals surface area contributed by atoms with Crippen LogP contribution in [0.2, 0.25) is 0 Å². The Morgan fingerprint density at radius 2 is 2.16 bits per heavy atom. The van der Waals surface area contributed by atoms with Gasteiger partial charge < -0.3 is 10.2 Å². The average Bonchev–Trinajstić information content (AvgIpc) is 2.77. The van der Waals surface area contributed by atoms with Gasteiger partial charge in [0.15, 0.2) is 0 Å². The molecule has 1 N–H and O–H groups in total. The van der Waals surface area contributed by atoms with Gasteiger partial charge in [-0.05, 0) is 19.8 Å². The van der Waals surface area contributed by atoms with Crippen LogP contribution in [0.4, 0.5) is 0 Å². The molecule has 5 nitrogen and oxygen atoms in total. The van der Waals surface area contributed by atoms with Gasteiger partial charge in [0.25, 0.3) is 0 Å². The molecule has 2 heterocycles. The van der Waals surface area contributed by atoms with Gasteiger partial charge in [-0.25, -0.2) is 4.98 Å². The molecular weight excluding hydrogens is 262 g/mol. The highest BCUT2D eigenvalue weighted by atomic mass is 32.1. The number of aromatic nitrogens is 1. The molecule has 104 valence electrons. The highest BCUT2D eigenvalue weighted by Crippen LogP contribution is 2.24. The zero-order valence-electron chi connectivity index (χ0n) is 11.6. The molecule has 19 heavy (non-hydrogen) atoms. The summed E-state index contributed by atoms with van der Waals surface area (Å²) in [5.41, 5.74) is 1.71. The van der Waals surface area contributed by atoms with Crippen molar-refractivity contribution >= 4 is 23.2 Å². The Labute approximate surface area is 117 Å². The summed E-state index contributed by atoms with van der Waals surface area (Å²) in [5.74, 6) is -0.0766. The van der Waals surface area contributed by atoms with Gasteiger partial charge in [0.2, 0.25) is 11.8 Å². The predicted octanol–water partition coefficient (Wildman–Crippen LogP) is 1.40. The van der Waals surface area contributed by atoms with Crippen molar-refractivity contribution < 1.29 is 9.59 Å². The number of rotatable bonds is 3. The largest absolute Gasteiger partial charge is 0.340 e. The summed E-state index contributed by atoms with van der Waals surface area (Å²) < 4.78 is 0. The molecule has 1 aromatic rings. The van der Waals surface area contributed by atoms with Crippen molar-refractivity contribution in [2.45, 2.75) is 45.8 Å². The van der Waals surface area contributed by atoms with Gasteiger partial charge in [0, 0.05) is 5.38 Å². The van der Waals surface area contributed by atoms with E-state index in [1.165, 1.54) is 11.3 Å². The first-order valence-electron chi connectivity index (χ1n) is 6.33. The maximum atomic E-state index is 12.5. The van der Waals surface area contributed by atoms with Crippen LogP contribution in [0.1, 0.15) is 33.4 Å². The highest BCUT2D eigenvalue weighted by Gasteiger charge is 2.46. The number of thiazole rings is 1. The van der Waals surface area contributed by atoms with E-state index in [-0.39, 0.29) is 17.7 Å². The molecule has 0 aliphatic carbocycles. The van der Waals surface area contributed by atoms with Crippen molar-refractivity contribution in [3.05, 3.63) is 16.6 Å². The van der Waals surface area contributed by atoms with Gasteiger partial charge in [-0.15, -0.1) is 11.3 Å². The molecule has 2 amide bonds. The van der Waals surface area contributed by atoms with Crippen molar-refractivity contribution in [3.8, 4) is 0 Å². The maximum absolute atomic E-state index is 12.5. The Kier molecular flexibility index (Phi) is 3.62. The molecular formula is C13H19N3O2S. The fourth-order valence-corrected chi connectivity index (χ4v) is 2.93. The number of nitrogens with zero attached hydrogens (tertiary/aromatic N) is 2. The lowest BCUT2D eigenvalue weighted by atomic mass is 9.91. The molecule has 0 bridgehead atoms. The second-order valence-corrected chi connectivity index (χ2v) is 6.43. The van der Waals surface area contributed by atoms with Crippen molar-refractivity contribution in [2.24, 2.45) is 5.92 Å². The monoisotopic (exact) mass is 281 g/mol. The van der Waals surface area contributed by atoms with E-state index in [1.807, 2.05) is 19.2 Å². The number of amides is 2. The number of carbonyl (C=O) groups is 2. The SMILES string of the molecule is CC(C)C1C(=O)NC(C)(C)C(=O)N1Cc1cscn1. The molecule has 1 fully saturated rings. The second-order valence-electron chi connectivity index (χ2n) is 5.72. The molecule has 0 spiro atoms. The van der Waals surface area contributed by atoms with Gasteiger partial charge in [-0.3, -0.25) is 9.59 Å². The number of nitrogens with one attached hydrogen (secondary N) is 1. The van der Waals surface area contributed by atoms with Crippen LogP contribution in [0.25, 0.3) is 0 Å². The predicted molar refractivity (Wildman–Crippen MR) is 73.5 cm³/mol. The Morgan fingerprint density at radius 3 is 2.68 bits per heavy atom. The van der Waals surface area contributed by atoms with Crippen molar-refractivity contribution in [2.75, 3.05) is 0 Å². The summed E-state index contributed by atoms with van der Waals surface area (Å²) in [6.45, 7) is 7.76. The topological polar surface area (TPSA) is 62.3 Å². The number of hydrogen-bond acceptors (Lipinski definition) is 4. The van der Waals surface area contributed by atoms with Crippen LogP contribution in [0.5, 0.6) is 0 Å². The van der Waals surface area contributed by atoms with E-state index in [1.54, 1.807) is 24.3 Å². The minimum Gasteiger partial charge on any atom is -0.340 e. The summed E-state index contributed by atoms with van der Waals surface area (Å²) in [6.07, 6.45) is 0. The van der Waals surface area contributed by atoms with Gasteiger partial charge in [0.05, 0.1) is 17.7 Å². The standard InChI is InChI=1S/C13H19N3O2S/c1-8(2)10-11(17)15-13(3,4)12(18)16(10)5-9-6-19-7-14-9/h6-8,10H,5H2,1-4H3,(H,15,17). The molecule has 0 aromatic carbocycles. The normalized spacial score (nSPS) is 22.8. The molecule has 0 radical (unpaired) electrons. The molecule has 2 rings (SSSR count). The molecule has 6 heteroatoms. The lowest BCUT2D eigenvalue weighted by molar-refractivity contribution is -0.156. The fraction of sp³-hybridized carbons (Fsp3) is 0.615. The Morgan fingerprint density at radius 1 is 1.47 bits per heavy atom. The lowest BCUT2D eigenvalue weighted by Gasteiger charge is -2.44. The fourth-order valence-electron chi connectivity index (χ4n) is 2.39. The van der Waals surface area contributed by atoms with Gasteiger partial charge in [-0.2, -0.15) is 0 Å². The van der Waals surface area contributed by atoms with Crippen molar-refractivity contribution in [1.29, 1.82) is 0 Å². The third kappa shape index (κ3) is 2.63. The van der Waals surface area contributed by atoms with E-state index in [4.69, 9.17) is 0 Å². The molecule has 1 aliphatic rings. The second kappa shape index (κ2) is 4.92. The van der Waals surface area contributed by atoms with Crippen LogP contribution in [-0.4, -0.2) is 33.3 Å². The Hall–Kier alpha value is -1.43. The summed E-state index contributed by atoms with van der Waals surface area (Å²) in [6, 6.07) is -0.428. The summed E-state index contributed by atoms with van der Waals surface area (Å²) in [7, 11) is 0. The number of hydrogen-bond donors (Lipinski definition) is 1. The van der Waals surface area contributed by atoms with Crippen LogP contribution in [-0.2, 0) is 16.1 Å². The van der Waals surface area contributed by atoms with E-state index >= 15 is 0 Å². The molecule has 1 saturated heterocycles. The first-order chi connectivity index (χ1) is 8.83. The third-order valence-corrected chi connectivity index (χ3v) is 3.92. The van der Waals surface area contributed by atoms with Gasteiger partial charge in [-0.1, -0.05) is 13.8 Å². The summed E-state index contributed by atoms with van der Waals surface area (Å²) >= 11 is 1.49. The van der Waals surface area contributed by atoms with Crippen LogP contribution >= 0.6 is 11.3 Å². The van der Waals surface area contributed by atoms with Crippen molar-refractivity contribution in [3.63, 3.8) is 0 Å². The maximum Gasteiger partial charge on any atom is 0.248 e. The first-order valence-corrected chi connectivity index (χ1v) is 7.27. The lowest BCUT2D eigenvalue weighted by Crippen LogP contribution is -2.68. The van der Waals surface area contributed by atoms with Crippen LogP contribution in [0.15, 0.2) is 10.9 Å². The molecule has 1 atom stereocenters. The van der Waals surface area contributed by atoms with Crippen LogP contribution in [0, 0.1) is 5.92 Å². The molecule has 1 aliphatic heterocycles. The zero-order valence-corrected chi connectivity index (χ0v) is 12.5. The van der Waals surface area contributed by atoms with E-state index in [2.05, 4.69) is 10.3 Å². The molecule has 1 aromatic heterocycles. The minimum absolute atomic E-state index is 0.0567. The van der Waals surface area contributed by atoms with E-state index in [0.29, 0.717) is 6.54 Å². The quantitative estimate of drug-likeness (QED) is 0.911. The summed E-state index contributed by atoms with van der Waals surface area (Å²) in [4.78, 5) is 30.6. The van der Waals surface area contributed by atoms with E-state index in [9.17, 15) is 9.59 Å². The minimum atomic E-state index is -0.849. The Balaban J connectivity index is 2.32. The van der Waals surface area contributed by atoms with E-state index < -0.39 is 11.6 Å². The van der Waals surface area contributed by atoms with Crippen molar-refractivity contribution in [1.82, 2.24) is 15.2 Å². The number of carbonyl (C=O) groups excluding carboxylic acids is 2. The highest BCUT2D eigenvalue weighted by molar-refractivity contribution is 7.07. The smallest absolute Gasteiger partial charge is 0.248 e. The van der Waals surface area contributed by atoms with Gasteiger partial charge in [0.1, 0.15) is 11.6 Å². The zero-order chi connectivity index (χ0) is 14.2. The number of piperazine rings is 1. The Bertz CT molecular complexity index is 482. The van der Waals surface area contributed by atoms with Crippen LogP contribution in [0.3, 0.4) is 0 Å². The van der Waals surface area contributed by atoms with Crippen LogP contribution < -0.4 is 5.32 Å². The first kappa shape index (κ1) is 14.0. The third-order valence-electron chi connectivity index (χ3n) is 3.28. The van der Waals surface area contributed by atoms with E-state index in [0.717, 1.165) is 5.69 Å². The molecule has 1 unspecified atom stereocenters. The van der Waals surface area contributed by atoms with Gasteiger partial charge >= 0.3 is 0 Å².